The van der Waals surface area contributed by atoms with Crippen molar-refractivity contribution in [2.45, 2.75) is 13.8 Å². The van der Waals surface area contributed by atoms with Gasteiger partial charge >= 0.3 is 0 Å². The standard InChI is InChI=1S/C24H28N8O4/c1-4-36-17-6-5-7-26-23(17)31-8-10-32(11-9-31)24(34)21(33)16-12-27-20-19(16)18(35-3)13-28-22(20)30-14-29-15(2)25/h5-7,12-14,27H,4,8-11H2,1-3H3,(H2,25,28,29,30). The SMILES string of the molecule is CCOc1cccnc1N1CCN(C(=O)C(=O)c2c[nH]c3c(N=CN=C(C)N)ncc(OC)c23)CC1. The average molecular weight is 493 g/mol. The van der Waals surface area contributed by atoms with E-state index in [2.05, 4.69) is 29.8 Å². The Morgan fingerprint density at radius 3 is 2.69 bits per heavy atom. The Balaban J connectivity index is 1.53. The number of hydrogen-bond donors (Lipinski definition) is 2. The summed E-state index contributed by atoms with van der Waals surface area (Å²) in [7, 11) is 1.47. The predicted octanol–water partition coefficient (Wildman–Crippen LogP) is 1.93. The van der Waals surface area contributed by atoms with Crippen LogP contribution in [0.5, 0.6) is 11.5 Å². The first-order valence-corrected chi connectivity index (χ1v) is 11.5. The third kappa shape index (κ3) is 4.97. The van der Waals surface area contributed by atoms with Crippen LogP contribution in [0.25, 0.3) is 10.9 Å². The van der Waals surface area contributed by atoms with E-state index in [9.17, 15) is 9.59 Å². The molecule has 0 radical (unpaired) electrons. The number of fused-ring (bicyclic) bond motifs is 1. The van der Waals surface area contributed by atoms with Gasteiger partial charge in [-0.15, -0.1) is 0 Å². The molecule has 1 amide bonds. The van der Waals surface area contributed by atoms with Gasteiger partial charge in [0.2, 0.25) is 0 Å². The first-order chi connectivity index (χ1) is 17.4. The maximum atomic E-state index is 13.3. The molecule has 0 atom stereocenters. The van der Waals surface area contributed by atoms with Crippen LogP contribution in [0.2, 0.25) is 0 Å². The summed E-state index contributed by atoms with van der Waals surface area (Å²) >= 11 is 0. The molecule has 0 saturated carbocycles. The molecule has 36 heavy (non-hydrogen) atoms. The summed E-state index contributed by atoms with van der Waals surface area (Å²) in [5.41, 5.74) is 6.18. The van der Waals surface area contributed by atoms with Crippen LogP contribution in [-0.4, -0.2) is 83.6 Å². The Morgan fingerprint density at radius 1 is 1.22 bits per heavy atom. The smallest absolute Gasteiger partial charge is 0.295 e. The lowest BCUT2D eigenvalue weighted by Crippen LogP contribution is -2.51. The number of methoxy groups -OCH3 is 1. The monoisotopic (exact) mass is 492 g/mol. The number of piperazine rings is 1. The number of nitrogens with one attached hydrogen (secondary N) is 1. The van der Waals surface area contributed by atoms with Crippen LogP contribution < -0.4 is 20.1 Å². The second-order valence-corrected chi connectivity index (χ2v) is 7.98. The highest BCUT2D eigenvalue weighted by molar-refractivity contribution is 6.45. The highest BCUT2D eigenvalue weighted by Crippen LogP contribution is 2.34. The lowest BCUT2D eigenvalue weighted by atomic mass is 10.1. The molecule has 0 spiro atoms. The van der Waals surface area contributed by atoms with Gasteiger partial charge in [0.15, 0.2) is 17.4 Å². The molecule has 3 aromatic heterocycles. The normalized spacial score (nSPS) is 14.5. The summed E-state index contributed by atoms with van der Waals surface area (Å²) in [6, 6.07) is 3.69. The van der Waals surface area contributed by atoms with Crippen LogP contribution in [0, 0.1) is 0 Å². The summed E-state index contributed by atoms with van der Waals surface area (Å²) < 4.78 is 11.1. The first-order valence-electron chi connectivity index (χ1n) is 11.5. The maximum Gasteiger partial charge on any atom is 0.295 e. The van der Waals surface area contributed by atoms with Crippen molar-refractivity contribution in [3.8, 4) is 11.5 Å². The molecule has 0 aromatic carbocycles. The summed E-state index contributed by atoms with van der Waals surface area (Å²) in [6.45, 7) is 5.88. The minimum absolute atomic E-state index is 0.190. The number of hydrogen-bond acceptors (Lipinski definition) is 8. The first kappa shape index (κ1) is 24.6. The fourth-order valence-electron chi connectivity index (χ4n) is 3.98. The molecule has 4 rings (SSSR count). The Bertz CT molecular complexity index is 1320. The van der Waals surface area contributed by atoms with Crippen molar-refractivity contribution in [1.82, 2.24) is 19.9 Å². The number of ether oxygens (including phenoxy) is 2. The number of H-pyrrole nitrogens is 1. The summed E-state index contributed by atoms with van der Waals surface area (Å²) in [5, 5.41) is 0.430. The summed E-state index contributed by atoms with van der Waals surface area (Å²) in [4.78, 5) is 49.8. The van der Waals surface area contributed by atoms with Crippen molar-refractivity contribution in [2.24, 2.45) is 15.7 Å². The highest BCUT2D eigenvalue weighted by atomic mass is 16.5. The molecular weight excluding hydrogens is 464 g/mol. The van der Waals surface area contributed by atoms with Gasteiger partial charge < -0.3 is 30.0 Å². The molecule has 3 aromatic rings. The molecule has 1 aliphatic heterocycles. The van der Waals surface area contributed by atoms with Crippen LogP contribution in [0.15, 0.2) is 40.7 Å². The number of carbonyl (C=O) groups is 2. The number of amidine groups is 1. The van der Waals surface area contributed by atoms with E-state index in [1.54, 1.807) is 18.0 Å². The molecule has 3 N–H and O–H groups in total. The molecule has 4 heterocycles. The highest BCUT2D eigenvalue weighted by Gasteiger charge is 2.30. The van der Waals surface area contributed by atoms with Gasteiger partial charge in [-0.3, -0.25) is 9.59 Å². The van der Waals surface area contributed by atoms with Crippen LogP contribution in [0.1, 0.15) is 24.2 Å². The van der Waals surface area contributed by atoms with E-state index in [0.29, 0.717) is 61.0 Å². The number of amides is 1. The van der Waals surface area contributed by atoms with Crippen LogP contribution in [0.3, 0.4) is 0 Å². The van der Waals surface area contributed by atoms with Crippen LogP contribution in [-0.2, 0) is 4.79 Å². The fourth-order valence-corrected chi connectivity index (χ4v) is 3.98. The van der Waals surface area contributed by atoms with Gasteiger partial charge in [0.1, 0.15) is 12.1 Å². The number of pyridine rings is 2. The average Bonchev–Trinajstić information content (AvgIpc) is 3.34. The predicted molar refractivity (Wildman–Crippen MR) is 137 cm³/mol. The summed E-state index contributed by atoms with van der Waals surface area (Å²) in [6.07, 6.45) is 5.91. The van der Waals surface area contributed by atoms with Crippen LogP contribution in [0.4, 0.5) is 11.6 Å². The Labute approximate surface area is 207 Å². The molecule has 0 bridgehead atoms. The molecule has 0 aliphatic carbocycles. The number of carbonyl (C=O) groups excluding carboxylic acids is 2. The largest absolute Gasteiger partial charge is 0.494 e. The number of anilines is 1. The van der Waals surface area contributed by atoms with E-state index in [0.717, 1.165) is 5.82 Å². The third-order valence-electron chi connectivity index (χ3n) is 5.67. The van der Waals surface area contributed by atoms with E-state index >= 15 is 0 Å². The van der Waals surface area contributed by atoms with Crippen molar-refractivity contribution < 1.29 is 19.1 Å². The molecule has 188 valence electrons. The molecule has 1 aliphatic rings. The number of aromatic nitrogens is 3. The molecule has 1 saturated heterocycles. The number of nitrogens with zero attached hydrogens (tertiary/aromatic N) is 6. The zero-order valence-corrected chi connectivity index (χ0v) is 20.4. The van der Waals surface area contributed by atoms with Gasteiger partial charge in [0, 0.05) is 38.6 Å². The van der Waals surface area contributed by atoms with Gasteiger partial charge in [-0.1, -0.05) is 0 Å². The number of Topliss-reactive ketones (excluding diaryl/α,β-unsaturated/α-hetero) is 1. The van der Waals surface area contributed by atoms with E-state index < -0.39 is 11.7 Å². The van der Waals surface area contributed by atoms with Gasteiger partial charge in [-0.25, -0.2) is 20.0 Å². The van der Waals surface area contributed by atoms with Crippen molar-refractivity contribution in [2.75, 3.05) is 44.8 Å². The number of aromatic amines is 1. The van der Waals surface area contributed by atoms with Crippen molar-refractivity contribution in [3.05, 3.63) is 36.3 Å². The zero-order chi connectivity index (χ0) is 25.7. The molecule has 0 unspecified atom stereocenters. The van der Waals surface area contributed by atoms with Crippen molar-refractivity contribution in [1.29, 1.82) is 0 Å². The lowest BCUT2D eigenvalue weighted by molar-refractivity contribution is -0.126. The Morgan fingerprint density at radius 2 is 2.00 bits per heavy atom. The summed E-state index contributed by atoms with van der Waals surface area (Å²) in [5.74, 6) is 1.18. The molecular formula is C24H28N8O4. The maximum absolute atomic E-state index is 13.3. The van der Waals surface area contributed by atoms with E-state index in [-0.39, 0.29) is 11.4 Å². The third-order valence-corrected chi connectivity index (χ3v) is 5.67. The van der Waals surface area contributed by atoms with Gasteiger partial charge in [-0.2, -0.15) is 0 Å². The van der Waals surface area contributed by atoms with Crippen LogP contribution >= 0.6 is 0 Å². The topological polar surface area (TPSA) is 151 Å². The molecule has 12 nitrogen and oxygen atoms in total. The number of ketones is 1. The second kappa shape index (κ2) is 10.8. The Hall–Kier alpha value is -4.48. The molecule has 1 fully saturated rings. The quantitative estimate of drug-likeness (QED) is 0.209. The van der Waals surface area contributed by atoms with E-state index in [4.69, 9.17) is 15.2 Å². The fraction of sp³-hybridized carbons (Fsp3) is 0.333. The number of aliphatic imine (C=N–C) groups is 2. The van der Waals surface area contributed by atoms with Crippen molar-refractivity contribution in [3.63, 3.8) is 0 Å². The Kier molecular flexibility index (Phi) is 7.42. The van der Waals surface area contributed by atoms with Gasteiger partial charge in [-0.05, 0) is 26.0 Å². The van der Waals surface area contributed by atoms with E-state index in [1.807, 2.05) is 19.1 Å². The van der Waals surface area contributed by atoms with Crippen molar-refractivity contribution >= 4 is 46.4 Å². The molecule has 12 heteroatoms. The van der Waals surface area contributed by atoms with Gasteiger partial charge in [0.05, 0.1) is 42.2 Å². The number of nitrogens with two attached hydrogens (primary N) is 1. The lowest BCUT2D eigenvalue weighted by Gasteiger charge is -2.35. The van der Waals surface area contributed by atoms with E-state index in [1.165, 1.54) is 25.8 Å². The minimum atomic E-state index is -0.641. The minimum Gasteiger partial charge on any atom is -0.494 e. The van der Waals surface area contributed by atoms with Gasteiger partial charge in [0.25, 0.3) is 11.7 Å². The number of rotatable bonds is 8. The zero-order valence-electron chi connectivity index (χ0n) is 20.4. The second-order valence-electron chi connectivity index (χ2n) is 7.98.